The van der Waals surface area contributed by atoms with Gasteiger partial charge in [0, 0.05) is 135 Å². The molecule has 0 saturated heterocycles. The molecular weight excluding hydrogens is 1280 g/mol. The third-order valence-corrected chi connectivity index (χ3v) is 30.0. The van der Waals surface area contributed by atoms with Crippen LogP contribution in [0.25, 0.3) is 195 Å². The van der Waals surface area contributed by atoms with Gasteiger partial charge in [0.15, 0.2) is 0 Å². The van der Waals surface area contributed by atoms with Gasteiger partial charge in [-0.05, 0) is 136 Å². The van der Waals surface area contributed by atoms with Gasteiger partial charge in [0.2, 0.25) is 0 Å². The highest BCUT2D eigenvalue weighted by Crippen LogP contribution is 2.55. The quantitative estimate of drug-likeness (QED) is 0.145. The number of hydrogen-bond acceptors (Lipinski definition) is 8. The highest BCUT2D eigenvalue weighted by atomic mass is 32.1. The summed E-state index contributed by atoms with van der Waals surface area (Å²) in [7, 11) is 13.4. The first-order chi connectivity index (χ1) is 44.5. The SMILES string of the molecule is Cc1ccc2c(c1)sc1c3cc4c(cc3n(C)c21)c1sc2cc(C)ccc2c1n4C.Cc1ccc2c(c1)sc1c3sc4c(sc5c6sc7cc(C)ccc7c6n(C)c54)c3n(C)c21.Cc1ccc2c3sc4cc5c(cc4c3n(C)c2c1)sc1c2ccc(C)cc2n(C)c51. The number of hydrogen-bond donors (Lipinski definition) is 0. The number of fused-ring (bicyclic) bond motifs is 33. The van der Waals surface area contributed by atoms with Crippen molar-refractivity contribution in [1.82, 2.24) is 27.4 Å². The van der Waals surface area contributed by atoms with Crippen LogP contribution in [0.2, 0.25) is 0 Å². The Balaban J connectivity index is 0.0000000957. The molecule has 22 rings (SSSR count). The van der Waals surface area contributed by atoms with Gasteiger partial charge in [0.05, 0.1) is 102 Å². The molecule has 448 valence electrons. The molecule has 0 radical (unpaired) electrons. The molecular formula is C78H58N6S8. The lowest BCUT2D eigenvalue weighted by Gasteiger charge is -2.02. The molecule has 0 saturated carbocycles. The Labute approximate surface area is 559 Å². The molecule has 0 atom stereocenters. The molecule has 0 aliphatic carbocycles. The van der Waals surface area contributed by atoms with E-state index >= 15 is 0 Å². The number of benzene rings is 8. The monoisotopic (exact) mass is 1330 g/mol. The first kappa shape index (κ1) is 54.5. The molecule has 0 N–H and O–H groups in total. The van der Waals surface area contributed by atoms with Crippen LogP contribution in [0.3, 0.4) is 0 Å². The maximum atomic E-state index is 2.46. The lowest BCUT2D eigenvalue weighted by molar-refractivity contribution is 1.01. The number of nitrogens with zero attached hydrogens (tertiary/aromatic N) is 6. The molecule has 0 unspecified atom stereocenters. The second-order valence-electron chi connectivity index (χ2n) is 26.0. The van der Waals surface area contributed by atoms with E-state index in [-0.39, 0.29) is 0 Å². The average Bonchev–Trinajstić information content (AvgIpc) is 1.52. The molecule has 6 nitrogen and oxygen atoms in total. The number of rotatable bonds is 0. The minimum absolute atomic E-state index is 1.31. The summed E-state index contributed by atoms with van der Waals surface area (Å²) in [5, 5.41) is 13.7. The second kappa shape index (κ2) is 18.9. The fraction of sp³-hybridized carbons (Fsp3) is 0.154. The molecule has 0 fully saturated rings. The maximum Gasteiger partial charge on any atom is 0.0789 e. The van der Waals surface area contributed by atoms with Gasteiger partial charge >= 0.3 is 0 Å². The van der Waals surface area contributed by atoms with Crippen LogP contribution in [0.4, 0.5) is 0 Å². The van der Waals surface area contributed by atoms with Gasteiger partial charge < -0.3 is 27.4 Å². The minimum Gasteiger partial charge on any atom is -0.342 e. The predicted molar refractivity (Wildman–Crippen MR) is 417 cm³/mol. The molecule has 0 aliphatic heterocycles. The number of aryl methyl sites for hydroxylation is 12. The van der Waals surface area contributed by atoms with E-state index in [1.807, 2.05) is 90.7 Å². The summed E-state index contributed by atoms with van der Waals surface area (Å²) in [6, 6.07) is 50.8. The van der Waals surface area contributed by atoms with Crippen LogP contribution in [-0.2, 0) is 42.3 Å². The van der Waals surface area contributed by atoms with E-state index in [0.29, 0.717) is 0 Å². The van der Waals surface area contributed by atoms with E-state index in [2.05, 4.69) is 245 Å². The summed E-state index contributed by atoms with van der Waals surface area (Å²) in [6.45, 7) is 13.1. The first-order valence-corrected chi connectivity index (χ1v) is 37.7. The van der Waals surface area contributed by atoms with Crippen molar-refractivity contribution in [3.05, 3.63) is 167 Å². The highest BCUT2D eigenvalue weighted by molar-refractivity contribution is 7.41. The van der Waals surface area contributed by atoms with Crippen LogP contribution >= 0.6 is 90.7 Å². The molecule has 22 aromatic rings. The zero-order valence-electron chi connectivity index (χ0n) is 52.7. The lowest BCUT2D eigenvalue weighted by atomic mass is 10.1. The summed E-state index contributed by atoms with van der Waals surface area (Å²) in [5.74, 6) is 0. The van der Waals surface area contributed by atoms with Crippen molar-refractivity contribution >= 4 is 286 Å². The molecule has 92 heavy (non-hydrogen) atoms. The highest BCUT2D eigenvalue weighted by Gasteiger charge is 2.27. The molecule has 0 spiro atoms. The van der Waals surface area contributed by atoms with Crippen molar-refractivity contribution in [2.75, 3.05) is 0 Å². The summed E-state index contributed by atoms with van der Waals surface area (Å²) in [4.78, 5) is 0. The van der Waals surface area contributed by atoms with Gasteiger partial charge in [-0.2, -0.15) is 0 Å². The molecule has 14 heterocycles. The van der Waals surface area contributed by atoms with Crippen LogP contribution in [0.5, 0.6) is 0 Å². The van der Waals surface area contributed by atoms with Crippen molar-refractivity contribution in [3.63, 3.8) is 0 Å². The van der Waals surface area contributed by atoms with Gasteiger partial charge in [0.25, 0.3) is 0 Å². The number of aromatic nitrogens is 6. The molecule has 14 heteroatoms. The topological polar surface area (TPSA) is 29.6 Å². The first-order valence-electron chi connectivity index (χ1n) is 31.1. The Kier molecular flexibility index (Phi) is 11.2. The van der Waals surface area contributed by atoms with Crippen LogP contribution < -0.4 is 0 Å². The van der Waals surface area contributed by atoms with Gasteiger partial charge in [-0.25, -0.2) is 0 Å². The summed E-state index contributed by atoms with van der Waals surface area (Å²) in [5.41, 5.74) is 24.4. The average molecular weight is 1340 g/mol. The zero-order valence-corrected chi connectivity index (χ0v) is 59.2. The van der Waals surface area contributed by atoms with Crippen molar-refractivity contribution in [2.24, 2.45) is 42.3 Å². The third-order valence-electron chi connectivity index (χ3n) is 20.1. The second-order valence-corrected chi connectivity index (χ2v) is 34.4. The zero-order chi connectivity index (χ0) is 62.1. The molecule has 8 aromatic carbocycles. The van der Waals surface area contributed by atoms with Crippen LogP contribution in [-0.4, -0.2) is 27.4 Å². The van der Waals surface area contributed by atoms with E-state index in [1.165, 1.54) is 229 Å². The van der Waals surface area contributed by atoms with Crippen LogP contribution in [0, 0.1) is 41.5 Å². The van der Waals surface area contributed by atoms with Gasteiger partial charge in [-0.3, -0.25) is 0 Å². The Morgan fingerprint density at radius 2 is 0.413 bits per heavy atom. The smallest absolute Gasteiger partial charge is 0.0789 e. The Bertz CT molecular complexity index is 6670. The van der Waals surface area contributed by atoms with E-state index in [4.69, 9.17) is 0 Å². The fourth-order valence-corrected chi connectivity index (χ4v) is 26.9. The molecule has 0 bridgehead atoms. The van der Waals surface area contributed by atoms with E-state index in [0.717, 1.165) is 0 Å². The Hall–Kier alpha value is -8.02. The largest absolute Gasteiger partial charge is 0.342 e. The molecule has 0 aliphatic rings. The Morgan fingerprint density at radius 1 is 0.185 bits per heavy atom. The third kappa shape index (κ3) is 7.16. The van der Waals surface area contributed by atoms with E-state index < -0.39 is 0 Å². The van der Waals surface area contributed by atoms with E-state index in [9.17, 15) is 0 Å². The summed E-state index contributed by atoms with van der Waals surface area (Å²) in [6.07, 6.45) is 0. The maximum absolute atomic E-state index is 2.46. The van der Waals surface area contributed by atoms with Crippen LogP contribution in [0.15, 0.2) is 133 Å². The minimum atomic E-state index is 1.31. The van der Waals surface area contributed by atoms with Gasteiger partial charge in [-0.15, -0.1) is 90.7 Å². The summed E-state index contributed by atoms with van der Waals surface area (Å²) >= 11 is 15.6. The normalized spacial score (nSPS) is 12.8. The predicted octanol–water partition coefficient (Wildman–Crippen LogP) is 25.3. The Morgan fingerprint density at radius 3 is 0.739 bits per heavy atom. The van der Waals surface area contributed by atoms with E-state index in [1.54, 1.807) is 0 Å². The molecule has 0 amide bonds. The van der Waals surface area contributed by atoms with Crippen LogP contribution in [0.1, 0.15) is 33.4 Å². The standard InChI is InChI=1S/C26H18N2S4.2C26H20N2S2/c1-11-5-7-13-15(9-11)29-21-17(13)27(3)19-23(21)31-26-20-24(32-25(19)26)22-18(28(20)4)14-8-6-12(2)10-16(14)30-22;1-13-5-7-15-21(9-13)29-25-17-11-20-18(12-19(17)27(3)23(15)25)26-24(28(20)4)16-8-6-14(2)10-22(16)30-26;1-13-5-7-15-19(9-13)27(3)23-17-11-22-18(12-21(17)29-25(15)23)24-26(30-22)16-8-6-14(2)10-20(16)28(24)4/h5-10H,1-4H3;2*5-12H,1-4H3. The van der Waals surface area contributed by atoms with Crippen molar-refractivity contribution < 1.29 is 0 Å². The van der Waals surface area contributed by atoms with Gasteiger partial charge in [0.1, 0.15) is 0 Å². The van der Waals surface area contributed by atoms with Crippen molar-refractivity contribution in [1.29, 1.82) is 0 Å². The fourth-order valence-electron chi connectivity index (χ4n) is 15.7. The van der Waals surface area contributed by atoms with Gasteiger partial charge in [-0.1, -0.05) is 72.8 Å². The summed E-state index contributed by atoms with van der Waals surface area (Å²) < 4.78 is 37.1. The number of thiophene rings is 8. The van der Waals surface area contributed by atoms with Crippen molar-refractivity contribution in [3.8, 4) is 0 Å². The molecule has 14 aromatic heterocycles. The lowest BCUT2D eigenvalue weighted by Crippen LogP contribution is -1.88. The van der Waals surface area contributed by atoms with Crippen molar-refractivity contribution in [2.45, 2.75) is 41.5 Å².